The predicted molar refractivity (Wildman–Crippen MR) is 67.1 cm³/mol. The van der Waals surface area contributed by atoms with E-state index in [1.54, 1.807) is 13.8 Å². The number of rotatable bonds is 1. The van der Waals surface area contributed by atoms with Crippen LogP contribution in [0, 0.1) is 22.7 Å². The highest BCUT2D eigenvalue weighted by Crippen LogP contribution is 2.44. The number of nitriles is 1. The van der Waals surface area contributed by atoms with Crippen LogP contribution in [0.4, 0.5) is 13.2 Å². The fraction of sp³-hybridized carbons (Fsp3) is 0.417. The molecule has 2 aliphatic heterocycles. The van der Waals surface area contributed by atoms with Crippen molar-refractivity contribution in [1.29, 1.82) is 5.26 Å². The van der Waals surface area contributed by atoms with Crippen molar-refractivity contribution >= 4 is 15.9 Å². The fourth-order valence-corrected chi connectivity index (χ4v) is 2.88. The van der Waals surface area contributed by atoms with Crippen LogP contribution in [0.1, 0.15) is 13.8 Å². The van der Waals surface area contributed by atoms with Gasteiger partial charge in [0.05, 0.1) is 23.1 Å². The molecule has 2 rings (SSSR count). The minimum atomic E-state index is -4.33. The van der Waals surface area contributed by atoms with Crippen LogP contribution in [-0.4, -0.2) is 11.2 Å². The van der Waals surface area contributed by atoms with E-state index in [4.69, 9.17) is 5.26 Å². The van der Waals surface area contributed by atoms with Gasteiger partial charge in [-0.25, -0.2) is 0 Å². The molecule has 0 radical (unpaired) electrons. The number of fused-ring (bicyclic) bond motifs is 1. The summed E-state index contributed by atoms with van der Waals surface area (Å²) < 4.78 is 38.8. The Hall–Kier alpha value is -1.42. The van der Waals surface area contributed by atoms with E-state index in [2.05, 4.69) is 27.4 Å². The number of hydrazine groups is 1. The molecule has 0 aromatic heterocycles. The van der Waals surface area contributed by atoms with Gasteiger partial charge in [-0.15, -0.1) is 0 Å². The molecule has 2 heterocycles. The third-order valence-corrected chi connectivity index (χ3v) is 3.59. The zero-order valence-corrected chi connectivity index (χ0v) is 11.8. The molecule has 0 bridgehead atoms. The van der Waals surface area contributed by atoms with Gasteiger partial charge in [0.2, 0.25) is 0 Å². The molecule has 1 unspecified atom stereocenters. The lowest BCUT2D eigenvalue weighted by atomic mass is 9.83. The molecule has 0 saturated heterocycles. The van der Waals surface area contributed by atoms with Gasteiger partial charge in [0.25, 0.3) is 0 Å². The maximum Gasteiger partial charge on any atom is 0.398 e. The van der Waals surface area contributed by atoms with Crippen LogP contribution in [0.3, 0.4) is 0 Å². The van der Waals surface area contributed by atoms with Crippen LogP contribution < -0.4 is 5.43 Å². The van der Waals surface area contributed by atoms with Crippen LogP contribution >= 0.6 is 15.9 Å². The van der Waals surface area contributed by atoms with E-state index in [1.807, 2.05) is 0 Å². The summed E-state index contributed by atoms with van der Waals surface area (Å²) in [5, 5.41) is 10.6. The van der Waals surface area contributed by atoms with Crippen molar-refractivity contribution in [3.63, 3.8) is 0 Å². The van der Waals surface area contributed by atoms with Crippen LogP contribution in [0.2, 0.25) is 0 Å². The Bertz CT molecular complexity index is 537. The van der Waals surface area contributed by atoms with Crippen molar-refractivity contribution in [3.8, 4) is 6.07 Å². The number of hydrogen-bond donors (Lipinski definition) is 1. The first kappa shape index (κ1) is 14.0. The minimum absolute atomic E-state index is 0.364. The fourth-order valence-electron chi connectivity index (χ4n) is 1.99. The van der Waals surface area contributed by atoms with E-state index in [0.717, 1.165) is 12.2 Å². The van der Waals surface area contributed by atoms with Crippen molar-refractivity contribution in [2.45, 2.75) is 20.0 Å². The molecule has 0 aliphatic carbocycles. The van der Waals surface area contributed by atoms with E-state index >= 15 is 0 Å². The lowest BCUT2D eigenvalue weighted by molar-refractivity contribution is -0.149. The molecule has 2 aliphatic rings. The van der Waals surface area contributed by atoms with Gasteiger partial charge in [-0.05, 0) is 35.9 Å². The normalized spacial score (nSPS) is 22.9. The first-order chi connectivity index (χ1) is 8.66. The van der Waals surface area contributed by atoms with Crippen molar-refractivity contribution < 1.29 is 13.2 Å². The maximum absolute atomic E-state index is 12.8. The standard InChI is InChI=1S/C12H11BrF3N3/c1-11(2,6-17)9-8-5-7(12(14,15)16)3-4-19(8)18-10(9)13/h3-5,7,18H,1-2H3. The summed E-state index contributed by atoms with van der Waals surface area (Å²) in [6.45, 7) is 3.33. The summed E-state index contributed by atoms with van der Waals surface area (Å²) in [7, 11) is 0. The first-order valence-corrected chi connectivity index (χ1v) is 6.31. The number of nitrogens with one attached hydrogen (secondary N) is 1. The third kappa shape index (κ3) is 2.37. The summed E-state index contributed by atoms with van der Waals surface area (Å²) in [5.41, 5.74) is 2.87. The first-order valence-electron chi connectivity index (χ1n) is 5.51. The second kappa shape index (κ2) is 4.30. The van der Waals surface area contributed by atoms with E-state index in [-0.39, 0.29) is 0 Å². The average molecular weight is 334 g/mol. The van der Waals surface area contributed by atoms with E-state index in [0.29, 0.717) is 15.9 Å². The van der Waals surface area contributed by atoms with Crippen LogP contribution in [0.15, 0.2) is 34.2 Å². The second-order valence-electron chi connectivity index (χ2n) is 4.87. The summed E-state index contributed by atoms with van der Waals surface area (Å²) in [6, 6.07) is 2.10. The smallest absolute Gasteiger partial charge is 0.287 e. The maximum atomic E-state index is 12.8. The lowest BCUT2D eigenvalue weighted by Crippen LogP contribution is -2.31. The highest BCUT2D eigenvalue weighted by molar-refractivity contribution is 9.11. The zero-order valence-electron chi connectivity index (χ0n) is 10.2. The Labute approximate surface area is 117 Å². The molecular formula is C12H11BrF3N3. The van der Waals surface area contributed by atoms with Crippen LogP contribution in [-0.2, 0) is 0 Å². The number of alkyl halides is 3. The van der Waals surface area contributed by atoms with E-state index < -0.39 is 17.5 Å². The van der Waals surface area contributed by atoms with Gasteiger partial charge >= 0.3 is 6.18 Å². The number of halogens is 4. The van der Waals surface area contributed by atoms with Crippen molar-refractivity contribution in [2.75, 3.05) is 0 Å². The van der Waals surface area contributed by atoms with Crippen molar-refractivity contribution in [3.05, 3.63) is 34.2 Å². The molecular weight excluding hydrogens is 323 g/mol. The van der Waals surface area contributed by atoms with Gasteiger partial charge in [0.1, 0.15) is 4.61 Å². The molecule has 0 aromatic carbocycles. The monoisotopic (exact) mass is 333 g/mol. The number of nitrogens with zero attached hydrogens (tertiary/aromatic N) is 2. The van der Waals surface area contributed by atoms with Gasteiger partial charge in [0.15, 0.2) is 0 Å². The second-order valence-corrected chi connectivity index (χ2v) is 5.66. The summed E-state index contributed by atoms with van der Waals surface area (Å²) >= 11 is 3.26. The largest absolute Gasteiger partial charge is 0.398 e. The molecule has 0 amide bonds. The lowest BCUT2D eigenvalue weighted by Gasteiger charge is -2.27. The molecule has 1 N–H and O–H groups in total. The summed E-state index contributed by atoms with van der Waals surface area (Å²) in [4.78, 5) is 0. The Morgan fingerprint density at radius 1 is 1.42 bits per heavy atom. The predicted octanol–water partition coefficient (Wildman–Crippen LogP) is 3.55. The van der Waals surface area contributed by atoms with Crippen molar-refractivity contribution in [2.24, 2.45) is 11.3 Å². The molecule has 0 aromatic rings. The molecule has 19 heavy (non-hydrogen) atoms. The minimum Gasteiger partial charge on any atom is -0.287 e. The van der Waals surface area contributed by atoms with Gasteiger partial charge < -0.3 is 0 Å². The van der Waals surface area contributed by atoms with Crippen molar-refractivity contribution in [1.82, 2.24) is 10.4 Å². The van der Waals surface area contributed by atoms with E-state index in [9.17, 15) is 13.2 Å². The highest BCUT2D eigenvalue weighted by atomic mass is 79.9. The van der Waals surface area contributed by atoms with Gasteiger partial charge in [-0.3, -0.25) is 10.4 Å². The Morgan fingerprint density at radius 3 is 2.58 bits per heavy atom. The summed E-state index contributed by atoms with van der Waals surface area (Å²) in [5.74, 6) is -1.64. The average Bonchev–Trinajstić information content (AvgIpc) is 2.63. The highest BCUT2D eigenvalue weighted by Gasteiger charge is 2.43. The molecule has 0 spiro atoms. The molecule has 3 nitrogen and oxygen atoms in total. The quantitative estimate of drug-likeness (QED) is 0.746. The third-order valence-electron chi connectivity index (χ3n) is 3.02. The Balaban J connectivity index is 2.46. The SMILES string of the molecule is CC(C)(C#N)C1=C(Br)NN2C=CC(C(F)(F)F)C=C12. The molecule has 0 fully saturated rings. The zero-order chi connectivity index (χ0) is 14.4. The molecule has 102 valence electrons. The Kier molecular flexibility index (Phi) is 3.17. The molecule has 7 heteroatoms. The summed E-state index contributed by atoms with van der Waals surface area (Å²) in [6.07, 6.45) is -0.809. The van der Waals surface area contributed by atoms with Crippen LogP contribution in [0.5, 0.6) is 0 Å². The van der Waals surface area contributed by atoms with Gasteiger partial charge in [-0.2, -0.15) is 18.4 Å². The molecule has 1 atom stereocenters. The Morgan fingerprint density at radius 2 is 2.05 bits per heavy atom. The van der Waals surface area contributed by atoms with Gasteiger partial charge in [-0.1, -0.05) is 6.08 Å². The number of allylic oxidation sites excluding steroid dienone is 3. The topological polar surface area (TPSA) is 39.1 Å². The number of hydrogen-bond acceptors (Lipinski definition) is 3. The van der Waals surface area contributed by atoms with E-state index in [1.165, 1.54) is 11.2 Å². The van der Waals surface area contributed by atoms with Crippen LogP contribution in [0.25, 0.3) is 0 Å². The van der Waals surface area contributed by atoms with Gasteiger partial charge in [0, 0.05) is 11.8 Å². The molecule has 0 saturated carbocycles.